The number of nitriles is 2. The standard InChI is InChI=1S/C10H10N4/c1-13(7-11)9-5-3-4-6-10(9)14(2)8-12/h3-6H,1-2H3. The van der Waals surface area contributed by atoms with E-state index in [1.165, 1.54) is 9.80 Å². The van der Waals surface area contributed by atoms with Crippen LogP contribution in [0.1, 0.15) is 0 Å². The number of benzene rings is 1. The van der Waals surface area contributed by atoms with E-state index in [-0.39, 0.29) is 0 Å². The molecule has 4 heteroatoms. The molecule has 0 bridgehead atoms. The third-order valence-corrected chi connectivity index (χ3v) is 1.90. The van der Waals surface area contributed by atoms with Crippen LogP contribution < -0.4 is 9.80 Å². The Hall–Kier alpha value is -2.20. The van der Waals surface area contributed by atoms with Crippen LogP contribution >= 0.6 is 0 Å². The molecule has 0 aliphatic carbocycles. The van der Waals surface area contributed by atoms with Gasteiger partial charge in [0.15, 0.2) is 12.4 Å². The number of anilines is 2. The number of hydrogen-bond donors (Lipinski definition) is 0. The second-order valence-corrected chi connectivity index (χ2v) is 2.81. The minimum atomic E-state index is 0.721. The van der Waals surface area contributed by atoms with Crippen LogP contribution in [-0.4, -0.2) is 14.1 Å². The lowest BCUT2D eigenvalue weighted by Gasteiger charge is -2.17. The van der Waals surface area contributed by atoms with Crippen molar-refractivity contribution in [3.05, 3.63) is 24.3 Å². The highest BCUT2D eigenvalue weighted by Crippen LogP contribution is 2.26. The summed E-state index contributed by atoms with van der Waals surface area (Å²) in [6.45, 7) is 0. The van der Waals surface area contributed by atoms with Crippen LogP contribution in [0.2, 0.25) is 0 Å². The molecule has 0 heterocycles. The van der Waals surface area contributed by atoms with Gasteiger partial charge in [0.25, 0.3) is 0 Å². The smallest absolute Gasteiger partial charge is 0.184 e. The third kappa shape index (κ3) is 1.75. The molecule has 70 valence electrons. The average molecular weight is 186 g/mol. The Morgan fingerprint density at radius 3 is 1.57 bits per heavy atom. The molecule has 1 rings (SSSR count). The topological polar surface area (TPSA) is 54.1 Å². The molecular formula is C10H10N4. The van der Waals surface area contributed by atoms with E-state index in [2.05, 4.69) is 0 Å². The minimum Gasteiger partial charge on any atom is -0.280 e. The SMILES string of the molecule is CN(C#N)c1ccccc1N(C)C#N. The first-order chi connectivity index (χ1) is 6.70. The van der Waals surface area contributed by atoms with Crippen molar-refractivity contribution in [1.29, 1.82) is 10.5 Å². The van der Waals surface area contributed by atoms with Gasteiger partial charge in [-0.15, -0.1) is 0 Å². The Labute approximate surface area is 83.2 Å². The van der Waals surface area contributed by atoms with Gasteiger partial charge in [0.1, 0.15) is 0 Å². The second kappa shape index (κ2) is 4.15. The maximum absolute atomic E-state index is 8.74. The van der Waals surface area contributed by atoms with Crippen molar-refractivity contribution in [1.82, 2.24) is 0 Å². The fourth-order valence-electron chi connectivity index (χ4n) is 1.14. The van der Waals surface area contributed by atoms with Crippen molar-refractivity contribution in [2.75, 3.05) is 23.9 Å². The summed E-state index contributed by atoms with van der Waals surface area (Å²) in [5.41, 5.74) is 1.44. The molecule has 0 aromatic heterocycles. The molecule has 0 unspecified atom stereocenters. The van der Waals surface area contributed by atoms with Crippen LogP contribution in [-0.2, 0) is 0 Å². The first-order valence-corrected chi connectivity index (χ1v) is 4.06. The highest BCUT2D eigenvalue weighted by Gasteiger charge is 2.08. The Morgan fingerprint density at radius 2 is 1.29 bits per heavy atom. The summed E-state index contributed by atoms with van der Waals surface area (Å²) in [6.07, 6.45) is 4.00. The van der Waals surface area contributed by atoms with E-state index >= 15 is 0 Å². The minimum absolute atomic E-state index is 0.721. The molecule has 1 aromatic rings. The zero-order valence-corrected chi connectivity index (χ0v) is 8.10. The molecule has 0 N–H and O–H groups in total. The van der Waals surface area contributed by atoms with E-state index < -0.39 is 0 Å². The van der Waals surface area contributed by atoms with Gasteiger partial charge in [-0.2, -0.15) is 10.5 Å². The van der Waals surface area contributed by atoms with Gasteiger partial charge in [-0.25, -0.2) is 0 Å². The van der Waals surface area contributed by atoms with Crippen molar-refractivity contribution in [2.24, 2.45) is 0 Å². The van der Waals surface area contributed by atoms with Crippen LogP contribution in [0.5, 0.6) is 0 Å². The Kier molecular flexibility index (Phi) is 2.93. The summed E-state index contributed by atoms with van der Waals surface area (Å²) in [4.78, 5) is 2.84. The summed E-state index contributed by atoms with van der Waals surface area (Å²) in [5, 5.41) is 17.5. The number of nitrogens with zero attached hydrogens (tertiary/aromatic N) is 4. The molecule has 0 spiro atoms. The Morgan fingerprint density at radius 1 is 0.929 bits per heavy atom. The quantitative estimate of drug-likeness (QED) is 0.519. The molecule has 0 saturated carbocycles. The van der Waals surface area contributed by atoms with Gasteiger partial charge >= 0.3 is 0 Å². The van der Waals surface area contributed by atoms with E-state index in [0.29, 0.717) is 0 Å². The zero-order valence-electron chi connectivity index (χ0n) is 8.10. The lowest BCUT2D eigenvalue weighted by atomic mass is 10.2. The van der Waals surface area contributed by atoms with E-state index in [1.54, 1.807) is 26.2 Å². The first-order valence-electron chi connectivity index (χ1n) is 4.06. The molecule has 0 fully saturated rings. The summed E-state index contributed by atoms with van der Waals surface area (Å²) >= 11 is 0. The molecule has 0 aliphatic rings. The van der Waals surface area contributed by atoms with Gasteiger partial charge in [0, 0.05) is 14.1 Å². The van der Waals surface area contributed by atoms with Gasteiger partial charge < -0.3 is 0 Å². The highest BCUT2D eigenvalue weighted by atomic mass is 15.2. The predicted molar refractivity (Wildman–Crippen MR) is 54.5 cm³/mol. The maximum Gasteiger partial charge on any atom is 0.184 e. The predicted octanol–water partition coefficient (Wildman–Crippen LogP) is 1.52. The fourth-order valence-corrected chi connectivity index (χ4v) is 1.14. The largest absolute Gasteiger partial charge is 0.280 e. The molecule has 0 atom stereocenters. The summed E-state index contributed by atoms with van der Waals surface area (Å²) in [6, 6.07) is 7.26. The van der Waals surface area contributed by atoms with Crippen molar-refractivity contribution in [2.45, 2.75) is 0 Å². The molecule has 1 aromatic carbocycles. The van der Waals surface area contributed by atoms with E-state index in [0.717, 1.165) is 11.4 Å². The van der Waals surface area contributed by atoms with Crippen molar-refractivity contribution >= 4 is 11.4 Å². The Bertz CT molecular complexity index is 360. The highest BCUT2D eigenvalue weighted by molar-refractivity contribution is 5.73. The molecule has 0 aliphatic heterocycles. The Balaban J connectivity index is 3.18. The van der Waals surface area contributed by atoms with Gasteiger partial charge in [-0.05, 0) is 12.1 Å². The maximum atomic E-state index is 8.74. The number of para-hydroxylation sites is 2. The summed E-state index contributed by atoms with van der Waals surface area (Å²) < 4.78 is 0. The number of rotatable bonds is 2. The van der Waals surface area contributed by atoms with E-state index in [1.807, 2.05) is 24.5 Å². The van der Waals surface area contributed by atoms with Crippen LogP contribution in [0.3, 0.4) is 0 Å². The van der Waals surface area contributed by atoms with Gasteiger partial charge in [-0.1, -0.05) is 12.1 Å². The second-order valence-electron chi connectivity index (χ2n) is 2.81. The van der Waals surface area contributed by atoms with Gasteiger partial charge in [-0.3, -0.25) is 9.80 Å². The molecular weight excluding hydrogens is 176 g/mol. The third-order valence-electron chi connectivity index (χ3n) is 1.90. The lowest BCUT2D eigenvalue weighted by molar-refractivity contribution is 1.15. The fraction of sp³-hybridized carbons (Fsp3) is 0.200. The molecule has 0 saturated heterocycles. The van der Waals surface area contributed by atoms with Crippen LogP contribution in [0.25, 0.3) is 0 Å². The zero-order chi connectivity index (χ0) is 10.6. The van der Waals surface area contributed by atoms with E-state index in [4.69, 9.17) is 10.5 Å². The normalized spacial score (nSPS) is 8.57. The van der Waals surface area contributed by atoms with E-state index in [9.17, 15) is 0 Å². The van der Waals surface area contributed by atoms with Crippen LogP contribution in [0, 0.1) is 22.9 Å². The van der Waals surface area contributed by atoms with Gasteiger partial charge in [0.2, 0.25) is 0 Å². The molecule has 0 radical (unpaired) electrons. The number of hydrogen-bond acceptors (Lipinski definition) is 4. The van der Waals surface area contributed by atoms with Gasteiger partial charge in [0.05, 0.1) is 11.4 Å². The van der Waals surface area contributed by atoms with Crippen molar-refractivity contribution in [3.63, 3.8) is 0 Å². The first kappa shape index (κ1) is 9.88. The average Bonchev–Trinajstić information content (AvgIpc) is 2.27. The summed E-state index contributed by atoms with van der Waals surface area (Å²) in [7, 11) is 3.31. The lowest BCUT2D eigenvalue weighted by Crippen LogP contribution is -2.15. The molecule has 14 heavy (non-hydrogen) atoms. The van der Waals surface area contributed by atoms with Crippen LogP contribution in [0.15, 0.2) is 24.3 Å². The molecule has 0 amide bonds. The van der Waals surface area contributed by atoms with Crippen LogP contribution in [0.4, 0.5) is 11.4 Å². The monoisotopic (exact) mass is 186 g/mol. The summed E-state index contributed by atoms with van der Waals surface area (Å²) in [5.74, 6) is 0. The van der Waals surface area contributed by atoms with Crippen molar-refractivity contribution in [3.8, 4) is 12.4 Å². The van der Waals surface area contributed by atoms with Crippen molar-refractivity contribution < 1.29 is 0 Å². The molecule has 4 nitrogen and oxygen atoms in total.